The van der Waals surface area contributed by atoms with Gasteiger partial charge in [0.1, 0.15) is 17.3 Å². The highest BCUT2D eigenvalue weighted by Gasteiger charge is 2.17. The van der Waals surface area contributed by atoms with E-state index in [1.54, 1.807) is 42.5 Å². The summed E-state index contributed by atoms with van der Waals surface area (Å²) in [5.74, 6) is 0.563. The second-order valence-corrected chi connectivity index (χ2v) is 6.71. The van der Waals surface area contributed by atoms with E-state index in [-0.39, 0.29) is 4.90 Å². The first-order chi connectivity index (χ1) is 10.0. The van der Waals surface area contributed by atoms with Crippen LogP contribution in [0.4, 0.5) is 5.69 Å². The smallest absolute Gasteiger partial charge is 0.263 e. The molecular weight excluding hydrogens is 356 g/mol. The van der Waals surface area contributed by atoms with Gasteiger partial charge in [-0.3, -0.25) is 4.72 Å². The van der Waals surface area contributed by atoms with E-state index in [9.17, 15) is 8.42 Å². The summed E-state index contributed by atoms with van der Waals surface area (Å²) in [4.78, 5) is 0.179. The van der Waals surface area contributed by atoms with Gasteiger partial charge in [-0.15, -0.1) is 0 Å². The number of benzene rings is 2. The van der Waals surface area contributed by atoms with E-state index in [0.717, 1.165) is 0 Å². The van der Waals surface area contributed by atoms with Crippen molar-refractivity contribution in [2.75, 3.05) is 17.9 Å². The number of anilines is 1. The van der Waals surface area contributed by atoms with Crippen molar-refractivity contribution >= 4 is 31.6 Å². The fraction of sp³-hybridized carbons (Fsp3) is 0.143. The number of halogens is 1. The summed E-state index contributed by atoms with van der Waals surface area (Å²) in [6.45, 7) is 0.771. The van der Waals surface area contributed by atoms with Crippen LogP contribution in [-0.2, 0) is 10.0 Å². The average Bonchev–Trinajstić information content (AvgIpc) is 2.45. The van der Waals surface area contributed by atoms with Crippen LogP contribution in [0.1, 0.15) is 0 Å². The number of sulfonamides is 1. The van der Waals surface area contributed by atoms with Crippen LogP contribution in [0.2, 0.25) is 0 Å². The third-order valence-corrected chi connectivity index (χ3v) is 4.99. The van der Waals surface area contributed by atoms with Gasteiger partial charge in [0.25, 0.3) is 10.0 Å². The number of hydrogen-bond acceptors (Lipinski definition) is 4. The molecule has 112 valence electrons. The molecule has 0 aromatic heterocycles. The van der Waals surface area contributed by atoms with Crippen molar-refractivity contribution in [2.45, 2.75) is 4.90 Å². The molecule has 0 fully saturated rings. The van der Waals surface area contributed by atoms with Crippen molar-refractivity contribution in [3.05, 3.63) is 53.0 Å². The zero-order valence-corrected chi connectivity index (χ0v) is 13.5. The lowest BCUT2D eigenvalue weighted by atomic mass is 10.3. The van der Waals surface area contributed by atoms with Crippen LogP contribution in [0, 0.1) is 0 Å². The molecule has 7 heteroatoms. The highest BCUT2D eigenvalue weighted by atomic mass is 79.9. The number of nitrogens with one attached hydrogen (secondary N) is 1. The Morgan fingerprint density at radius 1 is 1.14 bits per heavy atom. The van der Waals surface area contributed by atoms with Gasteiger partial charge in [-0.05, 0) is 40.2 Å². The molecule has 2 aromatic rings. The molecule has 3 N–H and O–H groups in total. The second-order valence-electron chi connectivity index (χ2n) is 4.20. The normalized spacial score (nSPS) is 11.1. The Bertz CT molecular complexity index is 720. The molecule has 0 saturated carbocycles. The zero-order valence-electron chi connectivity index (χ0n) is 11.1. The first-order valence-corrected chi connectivity index (χ1v) is 8.51. The highest BCUT2D eigenvalue weighted by Crippen LogP contribution is 2.25. The zero-order chi connectivity index (χ0) is 15.3. The fourth-order valence-corrected chi connectivity index (χ4v) is 3.75. The van der Waals surface area contributed by atoms with E-state index in [2.05, 4.69) is 20.7 Å². The Hall–Kier alpha value is -1.57. The molecule has 21 heavy (non-hydrogen) atoms. The largest absolute Gasteiger partial charge is 0.492 e. The van der Waals surface area contributed by atoms with Crippen LogP contribution in [0.25, 0.3) is 0 Å². The third-order valence-electron chi connectivity index (χ3n) is 2.60. The third kappa shape index (κ3) is 4.20. The first kappa shape index (κ1) is 15.8. The molecule has 0 aliphatic rings. The lowest BCUT2D eigenvalue weighted by molar-refractivity contribution is 0.328. The molecule has 0 aliphatic carbocycles. The lowest BCUT2D eigenvalue weighted by Gasteiger charge is -2.11. The van der Waals surface area contributed by atoms with Crippen LogP contribution in [0.5, 0.6) is 5.75 Å². The molecule has 0 heterocycles. The van der Waals surface area contributed by atoms with Gasteiger partial charge in [-0.25, -0.2) is 8.42 Å². The molecule has 0 atom stereocenters. The Kier molecular flexibility index (Phi) is 5.22. The summed E-state index contributed by atoms with van der Waals surface area (Å²) < 4.78 is 33.1. The van der Waals surface area contributed by atoms with Crippen LogP contribution < -0.4 is 15.2 Å². The molecule has 0 aliphatic heterocycles. The maximum absolute atomic E-state index is 12.3. The van der Waals surface area contributed by atoms with Gasteiger partial charge >= 0.3 is 0 Å². The van der Waals surface area contributed by atoms with Crippen molar-refractivity contribution < 1.29 is 13.2 Å². The Morgan fingerprint density at radius 2 is 1.90 bits per heavy atom. The molecule has 5 nitrogen and oxygen atoms in total. The Labute approximate surface area is 132 Å². The SMILES string of the molecule is NCCOc1cccc(NS(=O)(=O)c2ccccc2Br)c1. The lowest BCUT2D eigenvalue weighted by Crippen LogP contribution is -2.14. The molecule has 0 bridgehead atoms. The Balaban J connectivity index is 2.23. The topological polar surface area (TPSA) is 81.4 Å². The molecule has 0 radical (unpaired) electrons. The quantitative estimate of drug-likeness (QED) is 0.818. The van der Waals surface area contributed by atoms with Gasteiger partial charge in [-0.1, -0.05) is 18.2 Å². The van der Waals surface area contributed by atoms with E-state index < -0.39 is 10.0 Å². The van der Waals surface area contributed by atoms with E-state index in [4.69, 9.17) is 10.5 Å². The van der Waals surface area contributed by atoms with E-state index >= 15 is 0 Å². The Morgan fingerprint density at radius 3 is 2.62 bits per heavy atom. The van der Waals surface area contributed by atoms with Crippen LogP contribution in [0.3, 0.4) is 0 Å². The van der Waals surface area contributed by atoms with Crippen LogP contribution in [-0.4, -0.2) is 21.6 Å². The minimum absolute atomic E-state index is 0.179. The van der Waals surface area contributed by atoms with Crippen molar-refractivity contribution in [3.8, 4) is 5.75 Å². The monoisotopic (exact) mass is 370 g/mol. The van der Waals surface area contributed by atoms with E-state index in [0.29, 0.717) is 29.1 Å². The van der Waals surface area contributed by atoms with Crippen molar-refractivity contribution in [3.63, 3.8) is 0 Å². The standard InChI is InChI=1S/C14H15BrN2O3S/c15-13-6-1-2-7-14(13)21(18,19)17-11-4-3-5-12(10-11)20-9-8-16/h1-7,10,17H,8-9,16H2. The maximum Gasteiger partial charge on any atom is 0.263 e. The summed E-state index contributed by atoms with van der Waals surface area (Å²) in [7, 11) is -3.66. The number of rotatable bonds is 6. The molecule has 0 spiro atoms. The molecule has 0 saturated heterocycles. The average molecular weight is 371 g/mol. The fourth-order valence-electron chi connectivity index (χ4n) is 1.70. The van der Waals surface area contributed by atoms with Gasteiger partial charge < -0.3 is 10.5 Å². The second kappa shape index (κ2) is 6.93. The van der Waals surface area contributed by atoms with E-state index in [1.165, 1.54) is 6.07 Å². The minimum atomic E-state index is -3.66. The van der Waals surface area contributed by atoms with Gasteiger partial charge in [0.15, 0.2) is 0 Å². The summed E-state index contributed by atoms with van der Waals surface area (Å²) >= 11 is 3.24. The molecule has 0 amide bonds. The van der Waals surface area contributed by atoms with Gasteiger partial charge in [0, 0.05) is 17.1 Å². The molecule has 0 unspecified atom stereocenters. The summed E-state index contributed by atoms with van der Waals surface area (Å²) in [6.07, 6.45) is 0. The van der Waals surface area contributed by atoms with Crippen molar-refractivity contribution in [1.29, 1.82) is 0 Å². The maximum atomic E-state index is 12.3. The predicted octanol–water partition coefficient (Wildman–Crippen LogP) is 2.59. The van der Waals surface area contributed by atoms with Crippen LogP contribution in [0.15, 0.2) is 57.9 Å². The van der Waals surface area contributed by atoms with Gasteiger partial charge in [-0.2, -0.15) is 0 Å². The number of hydrogen-bond donors (Lipinski definition) is 2. The van der Waals surface area contributed by atoms with Gasteiger partial charge in [0.05, 0.1) is 5.69 Å². The van der Waals surface area contributed by atoms with Crippen molar-refractivity contribution in [2.24, 2.45) is 5.73 Å². The van der Waals surface area contributed by atoms with E-state index in [1.807, 2.05) is 0 Å². The van der Waals surface area contributed by atoms with Crippen LogP contribution >= 0.6 is 15.9 Å². The van der Waals surface area contributed by atoms with Gasteiger partial charge in [0.2, 0.25) is 0 Å². The minimum Gasteiger partial charge on any atom is -0.492 e. The first-order valence-electron chi connectivity index (χ1n) is 6.23. The summed E-state index contributed by atoms with van der Waals surface area (Å²) in [5, 5.41) is 0. The number of nitrogens with two attached hydrogens (primary N) is 1. The van der Waals surface area contributed by atoms with Crippen molar-refractivity contribution in [1.82, 2.24) is 0 Å². The number of ether oxygens (including phenoxy) is 1. The highest BCUT2D eigenvalue weighted by molar-refractivity contribution is 9.10. The molecule has 2 aromatic carbocycles. The summed E-state index contributed by atoms with van der Waals surface area (Å²) in [6, 6.07) is 13.4. The predicted molar refractivity (Wildman–Crippen MR) is 85.9 cm³/mol. The molecule has 2 rings (SSSR count). The molecular formula is C14H15BrN2O3S. The summed E-state index contributed by atoms with van der Waals surface area (Å²) in [5.41, 5.74) is 5.80.